The third-order valence-electron chi connectivity index (χ3n) is 2.36. The van der Waals surface area contributed by atoms with E-state index in [2.05, 4.69) is 73.5 Å². The Morgan fingerprint density at radius 3 is 2.42 bits per heavy atom. The van der Waals surface area contributed by atoms with Crippen molar-refractivity contribution in [2.24, 2.45) is 0 Å². The van der Waals surface area contributed by atoms with Gasteiger partial charge in [0.05, 0.1) is 5.56 Å². The Hall–Kier alpha value is 0.0600. The molecule has 0 aliphatic carbocycles. The van der Waals surface area contributed by atoms with Gasteiger partial charge in [0.2, 0.25) is 0 Å². The Labute approximate surface area is 151 Å². The average molecular weight is 592 g/mol. The molecule has 3 N–H and O–H groups in total. The zero-order valence-corrected chi connectivity index (χ0v) is 16.1. The largest absolute Gasteiger partial charge is 0.423 e. The van der Waals surface area contributed by atoms with Crippen molar-refractivity contribution in [1.82, 2.24) is 0 Å². The lowest BCUT2D eigenvalue weighted by molar-refractivity contribution is -0.254. The van der Waals surface area contributed by atoms with Crippen LogP contribution in [-0.2, 0) is 0 Å². The summed E-state index contributed by atoms with van der Waals surface area (Å²) in [6.07, 6.45) is 0. The van der Waals surface area contributed by atoms with E-state index in [1.165, 1.54) is 0 Å². The number of halogens is 3. The highest BCUT2D eigenvalue weighted by Crippen LogP contribution is 2.26. The molecule has 0 atom stereocenters. The van der Waals surface area contributed by atoms with Gasteiger partial charge in [-0.3, -0.25) is 0 Å². The standard InChI is InChI=1S/C13H8I3NO2/c14-9-4-5-10(15)12(16)11(9)13(18)19-8-3-1-2-7(17)6-8/h1-6H,17H2/p+1. The molecule has 2 rings (SSSR count). The molecule has 0 heterocycles. The third kappa shape index (κ3) is 3.79. The number of benzene rings is 2. The molecule has 98 valence electrons. The van der Waals surface area contributed by atoms with Crippen LogP contribution in [0.5, 0.6) is 5.75 Å². The van der Waals surface area contributed by atoms with Crippen molar-refractivity contribution >= 4 is 79.4 Å². The van der Waals surface area contributed by atoms with Crippen molar-refractivity contribution in [2.45, 2.75) is 0 Å². The number of ether oxygens (including phenoxy) is 1. The normalized spacial score (nSPS) is 10.3. The SMILES string of the molecule is [NH3+]c1cccc(OC(=O)c2c(I)ccc(I)c2I)c1. The van der Waals surface area contributed by atoms with Crippen LogP contribution in [0.4, 0.5) is 5.69 Å². The number of esters is 1. The van der Waals surface area contributed by atoms with Gasteiger partial charge in [-0.15, -0.1) is 0 Å². The Kier molecular flexibility index (Phi) is 5.43. The summed E-state index contributed by atoms with van der Waals surface area (Å²) in [6.45, 7) is 0. The van der Waals surface area contributed by atoms with Crippen molar-refractivity contribution < 1.29 is 15.3 Å². The zero-order valence-electron chi connectivity index (χ0n) is 9.62. The van der Waals surface area contributed by atoms with Gasteiger partial charge in [-0.25, -0.2) is 4.79 Å². The molecule has 0 amide bonds. The molecule has 0 aromatic heterocycles. The summed E-state index contributed by atoms with van der Waals surface area (Å²) in [5.74, 6) is 0.181. The predicted octanol–water partition coefficient (Wildman–Crippen LogP) is 3.59. The van der Waals surface area contributed by atoms with Crippen LogP contribution in [0.25, 0.3) is 0 Å². The number of carbonyl (C=O) groups excluding carboxylic acids is 1. The third-order valence-corrected chi connectivity index (χ3v) is 6.31. The van der Waals surface area contributed by atoms with E-state index in [4.69, 9.17) is 4.74 Å². The number of hydrogen-bond acceptors (Lipinski definition) is 2. The lowest BCUT2D eigenvalue weighted by atomic mass is 10.2. The van der Waals surface area contributed by atoms with Crippen LogP contribution < -0.4 is 10.5 Å². The van der Waals surface area contributed by atoms with Crippen LogP contribution in [0.15, 0.2) is 36.4 Å². The fourth-order valence-electron chi connectivity index (χ4n) is 1.48. The summed E-state index contributed by atoms with van der Waals surface area (Å²) in [5.41, 5.74) is 5.25. The first-order valence-corrected chi connectivity index (χ1v) is 8.50. The lowest BCUT2D eigenvalue weighted by Gasteiger charge is -2.09. The van der Waals surface area contributed by atoms with Gasteiger partial charge in [-0.05, 0) is 92.0 Å². The monoisotopic (exact) mass is 592 g/mol. The molecule has 2 aromatic carbocycles. The summed E-state index contributed by atoms with van der Waals surface area (Å²) in [7, 11) is 0. The molecule has 3 nitrogen and oxygen atoms in total. The molecule has 0 radical (unpaired) electrons. The lowest BCUT2D eigenvalue weighted by Crippen LogP contribution is -2.39. The highest BCUT2D eigenvalue weighted by Gasteiger charge is 2.18. The first-order chi connectivity index (χ1) is 8.99. The topological polar surface area (TPSA) is 53.9 Å². The molecule has 6 heteroatoms. The molecule has 19 heavy (non-hydrogen) atoms. The van der Waals surface area contributed by atoms with E-state index in [0.717, 1.165) is 16.4 Å². The van der Waals surface area contributed by atoms with Crippen LogP contribution >= 0.6 is 67.8 Å². The first kappa shape index (κ1) is 15.4. The molecule has 0 fully saturated rings. The molecule has 0 saturated heterocycles. The van der Waals surface area contributed by atoms with E-state index < -0.39 is 0 Å². The van der Waals surface area contributed by atoms with Gasteiger partial charge in [-0.1, -0.05) is 6.07 Å². The minimum Gasteiger partial charge on any atom is -0.423 e. The first-order valence-electron chi connectivity index (χ1n) is 5.26. The van der Waals surface area contributed by atoms with Crippen LogP contribution in [-0.4, -0.2) is 5.97 Å². The van der Waals surface area contributed by atoms with Gasteiger partial charge in [0.1, 0.15) is 11.4 Å². The number of quaternary nitrogens is 1. The van der Waals surface area contributed by atoms with Crippen LogP contribution in [0.1, 0.15) is 10.4 Å². The second-order valence-corrected chi connectivity index (χ2v) is 7.16. The Morgan fingerprint density at radius 2 is 1.74 bits per heavy atom. The molecule has 0 saturated carbocycles. The summed E-state index contributed by atoms with van der Waals surface area (Å²) < 4.78 is 8.25. The number of carbonyl (C=O) groups is 1. The average Bonchev–Trinajstić information content (AvgIpc) is 2.34. The Balaban J connectivity index is 2.33. The molecule has 2 aromatic rings. The van der Waals surface area contributed by atoms with Crippen LogP contribution in [0, 0.1) is 10.7 Å². The second kappa shape index (κ2) is 6.68. The minimum atomic E-state index is -0.335. The van der Waals surface area contributed by atoms with Gasteiger partial charge in [-0.2, -0.15) is 0 Å². The number of rotatable bonds is 2. The van der Waals surface area contributed by atoms with Crippen molar-refractivity contribution in [3.63, 3.8) is 0 Å². The molecule has 0 bridgehead atoms. The maximum atomic E-state index is 12.3. The van der Waals surface area contributed by atoms with Gasteiger partial charge in [0.25, 0.3) is 0 Å². The van der Waals surface area contributed by atoms with Crippen molar-refractivity contribution in [3.05, 3.63) is 52.7 Å². The quantitative estimate of drug-likeness (QED) is 0.251. The maximum absolute atomic E-state index is 12.3. The van der Waals surface area contributed by atoms with Crippen molar-refractivity contribution in [1.29, 1.82) is 0 Å². The summed E-state index contributed by atoms with van der Waals surface area (Å²) in [4.78, 5) is 12.3. The second-order valence-electron chi connectivity index (χ2n) is 3.76. The van der Waals surface area contributed by atoms with Crippen LogP contribution in [0.2, 0.25) is 0 Å². The van der Waals surface area contributed by atoms with Crippen LogP contribution in [0.3, 0.4) is 0 Å². The van der Waals surface area contributed by atoms with E-state index in [0.29, 0.717) is 11.3 Å². The molecular formula is C13H9I3NO2+. The molecule has 0 aliphatic rings. The highest BCUT2D eigenvalue weighted by atomic mass is 127. The van der Waals surface area contributed by atoms with E-state index in [-0.39, 0.29) is 5.97 Å². The highest BCUT2D eigenvalue weighted by molar-refractivity contribution is 14.1. The van der Waals surface area contributed by atoms with E-state index >= 15 is 0 Å². The van der Waals surface area contributed by atoms with Crippen molar-refractivity contribution in [2.75, 3.05) is 0 Å². The predicted molar refractivity (Wildman–Crippen MR) is 98.5 cm³/mol. The van der Waals surface area contributed by atoms with Crippen molar-refractivity contribution in [3.8, 4) is 5.75 Å². The molecule has 0 spiro atoms. The maximum Gasteiger partial charge on any atom is 0.345 e. The Morgan fingerprint density at radius 1 is 1.05 bits per heavy atom. The fraction of sp³-hybridized carbons (Fsp3) is 0. The van der Waals surface area contributed by atoms with Gasteiger partial charge in [0, 0.05) is 16.8 Å². The van der Waals surface area contributed by atoms with Gasteiger partial charge < -0.3 is 10.5 Å². The fourth-order valence-corrected chi connectivity index (χ4v) is 3.81. The molecule has 0 aliphatic heterocycles. The van der Waals surface area contributed by atoms with Gasteiger partial charge >= 0.3 is 5.97 Å². The molecular weight excluding hydrogens is 583 g/mol. The van der Waals surface area contributed by atoms with E-state index in [9.17, 15) is 4.79 Å². The number of hydrogen-bond donors (Lipinski definition) is 1. The minimum absolute atomic E-state index is 0.335. The summed E-state index contributed by atoms with van der Waals surface area (Å²) in [6, 6.07) is 11.1. The van der Waals surface area contributed by atoms with E-state index in [1.54, 1.807) is 12.1 Å². The zero-order chi connectivity index (χ0) is 14.0. The smallest absolute Gasteiger partial charge is 0.345 e. The molecule has 0 unspecified atom stereocenters. The Bertz CT molecular complexity index is 644. The van der Waals surface area contributed by atoms with Gasteiger partial charge in [0.15, 0.2) is 0 Å². The summed E-state index contributed by atoms with van der Waals surface area (Å²) in [5, 5.41) is 0. The van der Waals surface area contributed by atoms with E-state index in [1.807, 2.05) is 24.3 Å². The summed E-state index contributed by atoms with van der Waals surface area (Å²) >= 11 is 6.52.